The van der Waals surface area contributed by atoms with Crippen molar-refractivity contribution in [2.75, 3.05) is 0 Å². The van der Waals surface area contributed by atoms with Crippen LogP contribution in [0.5, 0.6) is 11.5 Å². The first-order chi connectivity index (χ1) is 30.7. The van der Waals surface area contributed by atoms with Gasteiger partial charge in [0.1, 0.15) is 5.82 Å². The molecule has 5 aromatic heterocycles. The molecule has 0 saturated carbocycles. The van der Waals surface area contributed by atoms with Crippen LogP contribution in [-0.4, -0.2) is 23.3 Å². The van der Waals surface area contributed by atoms with Gasteiger partial charge in [0.25, 0.3) is 6.33 Å². The number of pyridine rings is 1. The molecule has 7 nitrogen and oxygen atoms in total. The molecule has 0 atom stereocenters. The first kappa shape index (κ1) is 37.1. The van der Waals surface area contributed by atoms with Gasteiger partial charge in [-0.05, 0) is 59.6 Å². The third-order valence-electron chi connectivity index (χ3n) is 12.2. The number of aryl methyl sites for hydroxylation is 1. The maximum absolute atomic E-state index is 6.74. The van der Waals surface area contributed by atoms with E-state index in [9.17, 15) is 0 Å². The molecule has 0 aliphatic heterocycles. The minimum absolute atomic E-state index is 0. The van der Waals surface area contributed by atoms with Gasteiger partial charge in [-0.1, -0.05) is 109 Å². The van der Waals surface area contributed by atoms with E-state index in [1.165, 1.54) is 32.6 Å². The molecule has 8 heteroatoms. The molecule has 0 radical (unpaired) electrons. The van der Waals surface area contributed by atoms with Crippen LogP contribution in [0.1, 0.15) is 0 Å². The maximum atomic E-state index is 6.74. The molecule has 302 valence electrons. The second-order valence-corrected chi connectivity index (χ2v) is 15.6. The number of para-hydroxylation sites is 6. The summed E-state index contributed by atoms with van der Waals surface area (Å²) in [5.41, 5.74) is 11.5. The van der Waals surface area contributed by atoms with Crippen molar-refractivity contribution < 1.29 is 30.4 Å². The summed E-state index contributed by atoms with van der Waals surface area (Å²) >= 11 is 0. The Labute approximate surface area is 376 Å². The summed E-state index contributed by atoms with van der Waals surface area (Å²) in [4.78, 5) is 5.01. The monoisotopic (exact) mass is 989 g/mol. The van der Waals surface area contributed by atoms with Crippen LogP contribution in [0.2, 0.25) is 0 Å². The van der Waals surface area contributed by atoms with Crippen molar-refractivity contribution in [2.45, 2.75) is 0 Å². The number of benzene rings is 8. The van der Waals surface area contributed by atoms with Gasteiger partial charge in [-0.15, -0.1) is 29.7 Å². The number of aromatic nitrogens is 6. The average Bonchev–Trinajstić information content (AvgIpc) is 4.07. The minimum Gasteiger partial charge on any atom is -0.510 e. The van der Waals surface area contributed by atoms with Gasteiger partial charge in [-0.25, -0.2) is 4.98 Å². The average molecular weight is 990 g/mol. The Morgan fingerprint density at radius 3 is 1.90 bits per heavy atom. The number of ether oxygens (including phenoxy) is 1. The molecule has 13 rings (SSSR count). The SMILES string of the molecule is Cn1c2ccccc2c2c3c4ccc(Oc5[c-]c(-[n+]6[c-]n(-c7ccccc7)c7ccccc76)ccc5)[c-]c4n(-c4ccccn4)c3c3c(c4ccccc4n3-c3ccccc3)c21.[Pt]. The molecular weight excluding hydrogens is 956 g/mol. The van der Waals surface area contributed by atoms with Crippen molar-refractivity contribution in [1.82, 2.24) is 23.3 Å². The molecule has 0 N–H and O–H groups in total. The molecule has 13 aromatic rings. The van der Waals surface area contributed by atoms with E-state index < -0.39 is 0 Å². The molecule has 63 heavy (non-hydrogen) atoms. The molecule has 5 heterocycles. The third-order valence-corrected chi connectivity index (χ3v) is 12.2. The van der Waals surface area contributed by atoms with Gasteiger partial charge < -0.3 is 23.0 Å². The van der Waals surface area contributed by atoms with E-state index >= 15 is 0 Å². The van der Waals surface area contributed by atoms with Crippen LogP contribution >= 0.6 is 0 Å². The van der Waals surface area contributed by atoms with Crippen molar-refractivity contribution in [3.8, 4) is 34.4 Å². The van der Waals surface area contributed by atoms with E-state index in [0.717, 1.165) is 66.8 Å². The number of rotatable bonds is 6. The van der Waals surface area contributed by atoms with E-state index in [-0.39, 0.29) is 21.1 Å². The van der Waals surface area contributed by atoms with Gasteiger partial charge in [0, 0.05) is 78.6 Å². The minimum atomic E-state index is 0. The fourth-order valence-corrected chi connectivity index (χ4v) is 9.69. The van der Waals surface area contributed by atoms with Crippen molar-refractivity contribution in [3.05, 3.63) is 207 Å². The van der Waals surface area contributed by atoms with Gasteiger partial charge >= 0.3 is 0 Å². The first-order valence-electron chi connectivity index (χ1n) is 20.7. The number of nitrogens with zero attached hydrogens (tertiary/aromatic N) is 6. The van der Waals surface area contributed by atoms with Crippen LogP contribution in [0.3, 0.4) is 0 Å². The van der Waals surface area contributed by atoms with Crippen LogP contribution in [0, 0.1) is 18.5 Å². The molecule has 0 spiro atoms. The van der Waals surface area contributed by atoms with Crippen molar-refractivity contribution in [1.29, 1.82) is 0 Å². The predicted molar refractivity (Wildman–Crippen MR) is 248 cm³/mol. The topological polar surface area (TPSA) is 45.7 Å². The molecule has 0 fully saturated rings. The fraction of sp³-hybridized carbons (Fsp3) is 0.0182. The predicted octanol–water partition coefficient (Wildman–Crippen LogP) is 12.3. The molecule has 0 bridgehead atoms. The molecule has 0 saturated heterocycles. The summed E-state index contributed by atoms with van der Waals surface area (Å²) in [6.45, 7) is 0. The Morgan fingerprint density at radius 2 is 1.13 bits per heavy atom. The summed E-state index contributed by atoms with van der Waals surface area (Å²) in [5.74, 6) is 1.93. The number of hydrogen-bond donors (Lipinski definition) is 0. The van der Waals surface area contributed by atoms with Gasteiger partial charge in [0.05, 0.1) is 38.8 Å². The van der Waals surface area contributed by atoms with Crippen molar-refractivity contribution in [3.63, 3.8) is 0 Å². The van der Waals surface area contributed by atoms with Crippen LogP contribution in [0.15, 0.2) is 188 Å². The number of hydrogen-bond acceptors (Lipinski definition) is 2. The Morgan fingerprint density at radius 1 is 0.492 bits per heavy atom. The van der Waals surface area contributed by atoms with Crippen molar-refractivity contribution in [2.24, 2.45) is 7.05 Å². The molecular formula is C55H34N6OPt-2. The maximum Gasteiger partial charge on any atom is 0.268 e. The Balaban J connectivity index is 0.00000421. The van der Waals surface area contributed by atoms with Crippen LogP contribution in [0.25, 0.3) is 99.3 Å². The van der Waals surface area contributed by atoms with Crippen molar-refractivity contribution >= 4 is 76.5 Å². The summed E-state index contributed by atoms with van der Waals surface area (Å²) in [6.07, 6.45) is 5.43. The number of imidazole rings is 1. The summed E-state index contributed by atoms with van der Waals surface area (Å²) in [7, 11) is 2.20. The van der Waals surface area contributed by atoms with Crippen LogP contribution in [-0.2, 0) is 28.1 Å². The van der Waals surface area contributed by atoms with Gasteiger partial charge in [-0.2, -0.15) is 18.2 Å². The Kier molecular flexibility index (Phi) is 8.50. The van der Waals surface area contributed by atoms with Gasteiger partial charge in [0.2, 0.25) is 0 Å². The van der Waals surface area contributed by atoms with E-state index in [0.29, 0.717) is 11.5 Å². The van der Waals surface area contributed by atoms with E-state index in [2.05, 4.69) is 165 Å². The number of fused-ring (bicyclic) bond motifs is 13. The van der Waals surface area contributed by atoms with Crippen LogP contribution < -0.4 is 9.30 Å². The van der Waals surface area contributed by atoms with E-state index in [1.54, 1.807) is 0 Å². The molecule has 0 aliphatic rings. The van der Waals surface area contributed by atoms with Gasteiger partial charge in [-0.3, -0.25) is 4.57 Å². The standard InChI is InChI=1S/C55H34N6O.Pt/c1-57-44-25-10-8-23-41(44)50-51-43-31-30-40(62-39-22-16-21-38(33-39)59-35-58(36-17-4-2-5-18-36)46-27-12-13-28-47(46)59)34-48(43)61(49-29-14-15-32-56-49)54(51)55-52(53(50)57)42-24-9-11-26-45(42)60(55)37-19-6-3-7-20-37;/h2-32H,1H3;/q-2;. The first-order valence-corrected chi connectivity index (χ1v) is 20.7. The van der Waals surface area contributed by atoms with Crippen LogP contribution in [0.4, 0.5) is 0 Å². The molecule has 0 unspecified atom stereocenters. The van der Waals surface area contributed by atoms with E-state index in [4.69, 9.17) is 9.72 Å². The molecule has 0 amide bonds. The Bertz CT molecular complexity index is 3900. The normalized spacial score (nSPS) is 11.8. The summed E-state index contributed by atoms with van der Waals surface area (Å²) in [6, 6.07) is 70.4. The fourth-order valence-electron chi connectivity index (χ4n) is 9.69. The second-order valence-electron chi connectivity index (χ2n) is 15.6. The second kappa shape index (κ2) is 14.4. The zero-order valence-electron chi connectivity index (χ0n) is 33.8. The molecule has 0 aliphatic carbocycles. The largest absolute Gasteiger partial charge is 0.510 e. The molecule has 8 aromatic carbocycles. The quantitative estimate of drug-likeness (QED) is 0.123. The van der Waals surface area contributed by atoms with Gasteiger partial charge in [0.15, 0.2) is 0 Å². The summed E-state index contributed by atoms with van der Waals surface area (Å²) in [5, 5.41) is 6.98. The third kappa shape index (κ3) is 5.49. The van der Waals surface area contributed by atoms with E-state index in [1.807, 2.05) is 71.4 Å². The zero-order chi connectivity index (χ0) is 40.9. The Hall–Kier alpha value is -7.73. The summed E-state index contributed by atoms with van der Waals surface area (Å²) < 4.78 is 17.9. The zero-order valence-corrected chi connectivity index (χ0v) is 36.1. The smallest absolute Gasteiger partial charge is 0.268 e.